The highest BCUT2D eigenvalue weighted by Crippen LogP contribution is 2.30. The number of rotatable bonds is 16. The first-order chi connectivity index (χ1) is 17.1. The van der Waals surface area contributed by atoms with Gasteiger partial charge in [0.25, 0.3) is 0 Å². The van der Waals surface area contributed by atoms with Crippen LogP contribution in [-0.4, -0.2) is 86.9 Å². The Labute approximate surface area is 216 Å². The van der Waals surface area contributed by atoms with Gasteiger partial charge >= 0.3 is 17.9 Å². The topological polar surface area (TPSA) is 97.4 Å². The van der Waals surface area contributed by atoms with Gasteiger partial charge in [-0.15, -0.1) is 6.42 Å². The first kappa shape index (κ1) is 31.9. The van der Waals surface area contributed by atoms with Gasteiger partial charge in [-0.3, -0.25) is 14.4 Å². The van der Waals surface area contributed by atoms with Crippen LogP contribution in [0.2, 0.25) is 0 Å². The molecule has 1 aliphatic heterocycles. The lowest BCUT2D eigenvalue weighted by molar-refractivity contribution is -0.883. The van der Waals surface area contributed by atoms with Gasteiger partial charge in [-0.1, -0.05) is 20.8 Å². The molecule has 0 spiro atoms. The predicted molar refractivity (Wildman–Crippen MR) is 135 cm³/mol. The van der Waals surface area contributed by atoms with Gasteiger partial charge in [-0.25, -0.2) is 0 Å². The quantitative estimate of drug-likeness (QED) is 0.102. The molecule has 206 valence electrons. The minimum absolute atomic E-state index is 0.189. The van der Waals surface area contributed by atoms with Crippen LogP contribution in [0.3, 0.4) is 0 Å². The van der Waals surface area contributed by atoms with E-state index in [0.29, 0.717) is 36.9 Å². The highest BCUT2D eigenvalue weighted by atomic mass is 16.7. The number of unbranched alkanes of at least 4 members (excludes halogenated alkanes) is 1. The summed E-state index contributed by atoms with van der Waals surface area (Å²) in [6.45, 7) is 9.20. The summed E-state index contributed by atoms with van der Waals surface area (Å²) in [5.41, 5.74) is 0. The molecule has 0 aliphatic carbocycles. The largest absolute Gasteiger partial charge is 0.455 e. The number of carbonyl (C=O) groups excluding carboxylic acids is 3. The van der Waals surface area contributed by atoms with Crippen LogP contribution in [0, 0.1) is 12.3 Å². The maximum Gasteiger partial charge on any atom is 0.306 e. The second-order valence-electron chi connectivity index (χ2n) is 9.92. The van der Waals surface area contributed by atoms with Gasteiger partial charge in [0, 0.05) is 19.3 Å². The lowest BCUT2D eigenvalue weighted by Gasteiger charge is -2.43. The van der Waals surface area contributed by atoms with E-state index in [4.69, 9.17) is 30.1 Å². The van der Waals surface area contributed by atoms with E-state index in [1.54, 1.807) is 6.92 Å². The number of quaternary nitrogens is 1. The molecule has 5 atom stereocenters. The number of carbonyl (C=O) groups is 3. The molecule has 0 saturated carbocycles. The van der Waals surface area contributed by atoms with Crippen LogP contribution in [0.4, 0.5) is 0 Å². The van der Waals surface area contributed by atoms with Crippen molar-refractivity contribution in [2.45, 2.75) is 110 Å². The fraction of sp³-hybridized carbons (Fsp3) is 0.815. The number of esters is 3. The Hall–Kier alpha value is -2.15. The van der Waals surface area contributed by atoms with E-state index < -0.39 is 48.6 Å². The van der Waals surface area contributed by atoms with Crippen LogP contribution < -0.4 is 0 Å². The molecule has 1 unspecified atom stereocenters. The lowest BCUT2D eigenvalue weighted by Crippen LogP contribution is -2.61. The van der Waals surface area contributed by atoms with Crippen molar-refractivity contribution in [2.75, 3.05) is 33.8 Å². The van der Waals surface area contributed by atoms with Gasteiger partial charge < -0.3 is 28.2 Å². The average molecular weight is 513 g/mol. The molecule has 0 amide bonds. The molecule has 0 aromatic carbocycles. The number of ether oxygens (including phenoxy) is 5. The van der Waals surface area contributed by atoms with Crippen LogP contribution >= 0.6 is 0 Å². The van der Waals surface area contributed by atoms with Gasteiger partial charge in [-0.2, -0.15) is 0 Å². The third-order valence-electron chi connectivity index (χ3n) is 5.85. The van der Waals surface area contributed by atoms with Gasteiger partial charge in [0.2, 0.25) is 0 Å². The van der Waals surface area contributed by atoms with Crippen molar-refractivity contribution < 1.29 is 42.6 Å². The van der Waals surface area contributed by atoms with Crippen LogP contribution in [0.1, 0.15) is 79.1 Å². The number of terminal acetylenes is 1. The zero-order chi connectivity index (χ0) is 27.1. The molecule has 1 fully saturated rings. The summed E-state index contributed by atoms with van der Waals surface area (Å²) in [5, 5.41) is 0. The number of hydrogen-bond acceptors (Lipinski definition) is 8. The first-order valence-electron chi connectivity index (χ1n) is 13.2. The second-order valence-corrected chi connectivity index (χ2v) is 9.92. The molecule has 0 N–H and O–H groups in total. The molecule has 1 rings (SSSR count). The lowest BCUT2D eigenvalue weighted by atomic mass is 9.98. The fourth-order valence-electron chi connectivity index (χ4n) is 3.94. The van der Waals surface area contributed by atoms with E-state index in [1.807, 2.05) is 20.8 Å². The van der Waals surface area contributed by atoms with Crippen molar-refractivity contribution in [1.29, 1.82) is 0 Å². The van der Waals surface area contributed by atoms with E-state index in [9.17, 15) is 14.4 Å². The summed E-state index contributed by atoms with van der Waals surface area (Å²) >= 11 is 0. The standard InChI is InChI=1S/C27H46NO8/c1-8-14-21(29)34-24-20(5)33-27(32-19-13-12-18-28(6,7)17-11-4)26(36-23(31)16-10-3)25(24)35-22(30)15-9-2/h4,20,24-27H,8-10,12-19H2,1-3,5-7H3/q+1/t20-,24+,25+,26-,27?/m0/s1. The third kappa shape index (κ3) is 11.3. The minimum atomic E-state index is -1.06. The monoisotopic (exact) mass is 512 g/mol. The van der Waals surface area contributed by atoms with Crippen molar-refractivity contribution in [2.24, 2.45) is 0 Å². The summed E-state index contributed by atoms with van der Waals surface area (Å²) < 4.78 is 29.9. The van der Waals surface area contributed by atoms with Crippen molar-refractivity contribution in [3.63, 3.8) is 0 Å². The third-order valence-corrected chi connectivity index (χ3v) is 5.85. The molecule has 1 aliphatic rings. The maximum atomic E-state index is 12.5. The summed E-state index contributed by atoms with van der Waals surface area (Å²) in [5.74, 6) is 1.34. The summed E-state index contributed by atoms with van der Waals surface area (Å²) in [6, 6.07) is 0. The van der Waals surface area contributed by atoms with E-state index in [0.717, 1.165) is 19.4 Å². The van der Waals surface area contributed by atoms with Crippen LogP contribution in [0.25, 0.3) is 0 Å². The fourth-order valence-corrected chi connectivity index (χ4v) is 3.94. The second kappa shape index (κ2) is 16.6. The molecular weight excluding hydrogens is 466 g/mol. The Morgan fingerprint density at radius 3 is 1.83 bits per heavy atom. The van der Waals surface area contributed by atoms with Gasteiger partial charge in [0.05, 0.1) is 33.4 Å². The predicted octanol–water partition coefficient (Wildman–Crippen LogP) is 3.37. The van der Waals surface area contributed by atoms with Crippen molar-refractivity contribution in [1.82, 2.24) is 0 Å². The van der Waals surface area contributed by atoms with E-state index in [1.165, 1.54) is 0 Å². The van der Waals surface area contributed by atoms with Crippen molar-refractivity contribution in [3.05, 3.63) is 0 Å². The summed E-state index contributed by atoms with van der Waals surface area (Å²) in [7, 11) is 4.15. The van der Waals surface area contributed by atoms with E-state index in [-0.39, 0.29) is 19.3 Å². The SMILES string of the molecule is C#CC[N+](C)(C)CCCCOC1O[C@@H](C)[C@@H](OC(=O)CCC)[C@@H](OC(=O)CCC)[C@@H]1OC(=O)CCC. The van der Waals surface area contributed by atoms with Crippen LogP contribution in [-0.2, 0) is 38.1 Å². The Morgan fingerprint density at radius 1 is 0.833 bits per heavy atom. The smallest absolute Gasteiger partial charge is 0.306 e. The number of hydrogen-bond donors (Lipinski definition) is 0. The average Bonchev–Trinajstić information content (AvgIpc) is 2.78. The van der Waals surface area contributed by atoms with Crippen LogP contribution in [0.15, 0.2) is 0 Å². The van der Waals surface area contributed by atoms with Crippen LogP contribution in [0.5, 0.6) is 0 Å². The van der Waals surface area contributed by atoms with Crippen molar-refractivity contribution in [3.8, 4) is 12.3 Å². The minimum Gasteiger partial charge on any atom is -0.455 e. The zero-order valence-corrected chi connectivity index (χ0v) is 23.0. The zero-order valence-electron chi connectivity index (χ0n) is 23.0. The Morgan fingerprint density at radius 2 is 1.33 bits per heavy atom. The molecular formula is C27H46NO8+. The molecule has 9 nitrogen and oxygen atoms in total. The highest BCUT2D eigenvalue weighted by Gasteiger charge is 2.51. The molecule has 0 aromatic heterocycles. The van der Waals surface area contributed by atoms with Crippen molar-refractivity contribution >= 4 is 17.9 Å². The summed E-state index contributed by atoms with van der Waals surface area (Å²) in [4.78, 5) is 37.3. The molecule has 0 bridgehead atoms. The Bertz CT molecular complexity index is 732. The van der Waals surface area contributed by atoms with Gasteiger partial charge in [0.15, 0.2) is 24.6 Å². The highest BCUT2D eigenvalue weighted by molar-refractivity contribution is 5.71. The molecule has 9 heteroatoms. The first-order valence-corrected chi connectivity index (χ1v) is 13.2. The van der Waals surface area contributed by atoms with E-state index >= 15 is 0 Å². The number of nitrogens with zero attached hydrogens (tertiary/aromatic N) is 1. The Kier molecular flexibility index (Phi) is 14.7. The molecule has 0 radical (unpaired) electrons. The van der Waals surface area contributed by atoms with Gasteiger partial charge in [-0.05, 0) is 44.9 Å². The molecule has 1 saturated heterocycles. The molecule has 1 heterocycles. The normalized spacial score (nSPS) is 24.0. The Balaban J connectivity index is 3.04. The van der Waals surface area contributed by atoms with E-state index in [2.05, 4.69) is 20.0 Å². The molecule has 36 heavy (non-hydrogen) atoms. The summed E-state index contributed by atoms with van der Waals surface area (Å²) in [6.07, 6.45) is 4.83. The molecule has 0 aromatic rings. The van der Waals surface area contributed by atoms with Gasteiger partial charge in [0.1, 0.15) is 6.54 Å². The maximum absolute atomic E-state index is 12.5.